The van der Waals surface area contributed by atoms with E-state index >= 15 is 0 Å². The van der Waals surface area contributed by atoms with Crippen LogP contribution < -0.4 is 5.32 Å². The number of carbonyl (C=O) groups is 2. The van der Waals surface area contributed by atoms with Crippen LogP contribution in [-0.4, -0.2) is 41.0 Å². The maximum Gasteiger partial charge on any atom is 0.320 e. The third kappa shape index (κ3) is 3.54. The Balaban J connectivity index is 1.92. The van der Waals surface area contributed by atoms with E-state index in [0.717, 1.165) is 17.7 Å². The fourth-order valence-corrected chi connectivity index (χ4v) is 2.40. The molecule has 19 heavy (non-hydrogen) atoms. The van der Waals surface area contributed by atoms with Gasteiger partial charge >= 0.3 is 5.97 Å². The first-order chi connectivity index (χ1) is 9.06. The number of hydrogen-bond acceptors (Lipinski definition) is 3. The van der Waals surface area contributed by atoms with Crippen LogP contribution in [0.15, 0.2) is 24.3 Å². The molecule has 0 saturated carbocycles. The first-order valence-corrected chi connectivity index (χ1v) is 6.39. The number of nitrogens with zero attached hydrogens (tertiary/aromatic N) is 1. The van der Waals surface area contributed by atoms with Gasteiger partial charge in [-0.2, -0.15) is 0 Å². The van der Waals surface area contributed by atoms with E-state index in [-0.39, 0.29) is 12.5 Å². The molecule has 1 aromatic rings. The van der Waals surface area contributed by atoms with Crippen molar-refractivity contribution < 1.29 is 14.7 Å². The third-order valence-electron chi connectivity index (χ3n) is 3.30. The number of benzene rings is 1. The number of aryl methyl sites for hydroxylation is 1. The zero-order valence-electron chi connectivity index (χ0n) is 10.9. The highest BCUT2D eigenvalue weighted by Crippen LogP contribution is 2.17. The summed E-state index contributed by atoms with van der Waals surface area (Å²) in [6.45, 7) is 2.75. The number of amides is 1. The highest BCUT2D eigenvalue weighted by molar-refractivity contribution is 5.92. The summed E-state index contributed by atoms with van der Waals surface area (Å²) in [5, 5.41) is 11.8. The fourth-order valence-electron chi connectivity index (χ4n) is 2.40. The summed E-state index contributed by atoms with van der Waals surface area (Å²) in [5.41, 5.74) is 1.82. The lowest BCUT2D eigenvalue weighted by Crippen LogP contribution is -2.40. The molecule has 1 aliphatic heterocycles. The van der Waals surface area contributed by atoms with Crippen molar-refractivity contribution in [1.29, 1.82) is 0 Å². The minimum atomic E-state index is -0.846. The number of nitrogens with one attached hydrogen (secondary N) is 1. The highest BCUT2D eigenvalue weighted by Gasteiger charge is 2.31. The molecule has 0 bridgehead atoms. The molecule has 1 heterocycles. The Morgan fingerprint density at radius 3 is 2.95 bits per heavy atom. The number of carboxylic acid groups (broad SMARTS) is 1. The molecule has 1 atom stereocenters. The van der Waals surface area contributed by atoms with E-state index in [9.17, 15) is 9.59 Å². The zero-order chi connectivity index (χ0) is 13.8. The van der Waals surface area contributed by atoms with E-state index in [4.69, 9.17) is 5.11 Å². The maximum absolute atomic E-state index is 11.9. The van der Waals surface area contributed by atoms with Gasteiger partial charge in [0, 0.05) is 5.69 Å². The van der Waals surface area contributed by atoms with Crippen LogP contribution in [0.1, 0.15) is 18.4 Å². The van der Waals surface area contributed by atoms with Crippen molar-refractivity contribution in [2.45, 2.75) is 25.8 Å². The van der Waals surface area contributed by atoms with Gasteiger partial charge in [0.1, 0.15) is 6.04 Å². The molecule has 5 nitrogen and oxygen atoms in total. The van der Waals surface area contributed by atoms with Crippen molar-refractivity contribution in [1.82, 2.24) is 4.90 Å². The van der Waals surface area contributed by atoms with Crippen LogP contribution in [-0.2, 0) is 9.59 Å². The third-order valence-corrected chi connectivity index (χ3v) is 3.30. The van der Waals surface area contributed by atoms with Crippen LogP contribution in [0.3, 0.4) is 0 Å². The highest BCUT2D eigenvalue weighted by atomic mass is 16.4. The molecular weight excluding hydrogens is 244 g/mol. The van der Waals surface area contributed by atoms with Crippen molar-refractivity contribution in [2.75, 3.05) is 18.4 Å². The van der Waals surface area contributed by atoms with Crippen molar-refractivity contribution in [3.05, 3.63) is 29.8 Å². The molecule has 0 unspecified atom stereocenters. The second-order valence-corrected chi connectivity index (χ2v) is 4.88. The van der Waals surface area contributed by atoms with Crippen LogP contribution in [0.2, 0.25) is 0 Å². The summed E-state index contributed by atoms with van der Waals surface area (Å²) in [4.78, 5) is 24.6. The summed E-state index contributed by atoms with van der Waals surface area (Å²) in [6.07, 6.45) is 1.45. The van der Waals surface area contributed by atoms with Gasteiger partial charge in [-0.05, 0) is 44.0 Å². The van der Waals surface area contributed by atoms with Crippen LogP contribution in [0.25, 0.3) is 0 Å². The number of anilines is 1. The van der Waals surface area contributed by atoms with Crippen LogP contribution in [0.4, 0.5) is 5.69 Å². The second kappa shape index (κ2) is 5.84. The van der Waals surface area contributed by atoms with Crippen LogP contribution in [0, 0.1) is 6.92 Å². The molecule has 2 N–H and O–H groups in total. The molecule has 0 spiro atoms. The van der Waals surface area contributed by atoms with E-state index in [1.807, 2.05) is 31.2 Å². The van der Waals surface area contributed by atoms with Crippen molar-refractivity contribution in [3.63, 3.8) is 0 Å². The quantitative estimate of drug-likeness (QED) is 0.862. The Morgan fingerprint density at radius 2 is 2.26 bits per heavy atom. The molecule has 0 aromatic heterocycles. The van der Waals surface area contributed by atoms with E-state index in [0.29, 0.717) is 13.0 Å². The van der Waals surface area contributed by atoms with Crippen molar-refractivity contribution in [3.8, 4) is 0 Å². The molecule has 1 fully saturated rings. The molecular formula is C14H18N2O3. The molecule has 1 amide bonds. The van der Waals surface area contributed by atoms with Gasteiger partial charge in [0.05, 0.1) is 6.54 Å². The lowest BCUT2D eigenvalue weighted by molar-refractivity contribution is -0.142. The van der Waals surface area contributed by atoms with Crippen LogP contribution in [0.5, 0.6) is 0 Å². The molecule has 0 radical (unpaired) electrons. The molecule has 1 aromatic carbocycles. The standard InChI is InChI=1S/C14H18N2O3/c1-10-4-2-5-11(8-10)15-13(17)9-16-7-3-6-12(16)14(18)19/h2,4-5,8,12H,3,6-7,9H2,1H3,(H,15,17)(H,18,19)/t12-/m1/s1. The summed E-state index contributed by atoms with van der Waals surface area (Å²) >= 11 is 0. The topological polar surface area (TPSA) is 69.6 Å². The Hall–Kier alpha value is -1.88. The van der Waals surface area contributed by atoms with E-state index < -0.39 is 12.0 Å². The number of hydrogen-bond donors (Lipinski definition) is 2. The maximum atomic E-state index is 11.9. The van der Waals surface area contributed by atoms with Gasteiger partial charge < -0.3 is 10.4 Å². The van der Waals surface area contributed by atoms with Crippen molar-refractivity contribution >= 4 is 17.6 Å². The Labute approximate surface area is 112 Å². The largest absolute Gasteiger partial charge is 0.480 e. The summed E-state index contributed by atoms with van der Waals surface area (Å²) in [7, 11) is 0. The van der Waals surface area contributed by atoms with Crippen LogP contribution >= 0.6 is 0 Å². The average Bonchev–Trinajstić information content (AvgIpc) is 2.76. The monoisotopic (exact) mass is 262 g/mol. The Morgan fingerprint density at radius 1 is 1.47 bits per heavy atom. The Bertz CT molecular complexity index is 487. The van der Waals surface area contributed by atoms with E-state index in [1.54, 1.807) is 4.90 Å². The SMILES string of the molecule is Cc1cccc(NC(=O)CN2CCC[C@@H]2C(=O)O)c1. The van der Waals surface area contributed by atoms with Gasteiger partial charge in [0.2, 0.25) is 5.91 Å². The smallest absolute Gasteiger partial charge is 0.320 e. The number of aliphatic carboxylic acids is 1. The molecule has 1 saturated heterocycles. The van der Waals surface area contributed by atoms with Gasteiger partial charge in [0.25, 0.3) is 0 Å². The van der Waals surface area contributed by atoms with E-state index in [2.05, 4.69) is 5.32 Å². The van der Waals surface area contributed by atoms with Gasteiger partial charge in [-0.1, -0.05) is 12.1 Å². The number of likely N-dealkylation sites (tertiary alicyclic amines) is 1. The molecule has 5 heteroatoms. The number of carbonyl (C=O) groups excluding carboxylic acids is 1. The second-order valence-electron chi connectivity index (χ2n) is 4.88. The van der Waals surface area contributed by atoms with Crippen molar-refractivity contribution in [2.24, 2.45) is 0 Å². The number of rotatable bonds is 4. The fraction of sp³-hybridized carbons (Fsp3) is 0.429. The minimum Gasteiger partial charge on any atom is -0.480 e. The molecule has 1 aliphatic rings. The first kappa shape index (κ1) is 13.5. The summed E-state index contributed by atoms with van der Waals surface area (Å²) in [5.74, 6) is -1.01. The first-order valence-electron chi connectivity index (χ1n) is 6.39. The van der Waals surface area contributed by atoms with Gasteiger partial charge in [0.15, 0.2) is 0 Å². The summed E-state index contributed by atoms with van der Waals surface area (Å²) < 4.78 is 0. The average molecular weight is 262 g/mol. The normalized spacial score (nSPS) is 19.3. The lowest BCUT2D eigenvalue weighted by atomic mass is 10.2. The predicted molar refractivity (Wildman–Crippen MR) is 72.0 cm³/mol. The molecule has 0 aliphatic carbocycles. The lowest BCUT2D eigenvalue weighted by Gasteiger charge is -2.20. The predicted octanol–water partition coefficient (Wildman–Crippen LogP) is 1.48. The van der Waals surface area contributed by atoms with Gasteiger partial charge in [-0.3, -0.25) is 14.5 Å². The Kier molecular flexibility index (Phi) is 4.16. The van der Waals surface area contributed by atoms with Gasteiger partial charge in [-0.15, -0.1) is 0 Å². The summed E-state index contributed by atoms with van der Waals surface area (Å²) in [6, 6.07) is 7.01. The van der Waals surface area contributed by atoms with Gasteiger partial charge in [-0.25, -0.2) is 0 Å². The molecule has 2 rings (SSSR count). The zero-order valence-corrected chi connectivity index (χ0v) is 10.9. The molecule has 102 valence electrons. The minimum absolute atomic E-state index is 0.130. The number of carboxylic acids is 1. The van der Waals surface area contributed by atoms with E-state index in [1.165, 1.54) is 0 Å².